The molecule has 0 aromatic carbocycles. The second-order valence-corrected chi connectivity index (χ2v) is 3.50. The van der Waals surface area contributed by atoms with Crippen molar-refractivity contribution >= 4 is 0 Å². The highest BCUT2D eigenvalue weighted by Crippen LogP contribution is 2.21. The van der Waals surface area contributed by atoms with Crippen molar-refractivity contribution in [3.05, 3.63) is 23.8 Å². The summed E-state index contributed by atoms with van der Waals surface area (Å²) in [5.74, 6) is 1.44. The van der Waals surface area contributed by atoms with E-state index >= 15 is 0 Å². The lowest BCUT2D eigenvalue weighted by Gasteiger charge is -1.95. The Kier molecular flexibility index (Phi) is 2.55. The molecule has 0 aliphatic carbocycles. The molecule has 0 bridgehead atoms. The Morgan fingerprint density at radius 2 is 2.33 bits per heavy atom. The Balaban J connectivity index is 2.24. The lowest BCUT2D eigenvalue weighted by molar-refractivity contribution is 0.181. The molecule has 0 saturated carbocycles. The molecule has 2 heterocycles. The van der Waals surface area contributed by atoms with Gasteiger partial charge in [-0.2, -0.15) is 4.98 Å². The first-order valence-electron chi connectivity index (χ1n) is 4.72. The van der Waals surface area contributed by atoms with E-state index in [-0.39, 0.29) is 0 Å². The highest BCUT2D eigenvalue weighted by Gasteiger charge is 2.14. The Labute approximate surface area is 86.7 Å². The fourth-order valence-corrected chi connectivity index (χ4v) is 1.28. The van der Waals surface area contributed by atoms with Crippen molar-refractivity contribution in [3.63, 3.8) is 0 Å². The number of hydrogen-bond donors (Lipinski definition) is 1. The summed E-state index contributed by atoms with van der Waals surface area (Å²) in [5, 5.41) is 12.9. The molecule has 1 unspecified atom stereocenters. The van der Waals surface area contributed by atoms with Crippen LogP contribution in [0.15, 0.2) is 21.3 Å². The number of aryl methyl sites for hydroxylation is 1. The topological polar surface area (TPSA) is 72.3 Å². The molecular formula is C10H12N2O3. The van der Waals surface area contributed by atoms with Gasteiger partial charge in [0.2, 0.25) is 11.7 Å². The molecule has 15 heavy (non-hydrogen) atoms. The number of furan rings is 1. The van der Waals surface area contributed by atoms with Crippen LogP contribution in [-0.2, 0) is 6.42 Å². The number of aliphatic hydroxyl groups is 1. The third-order valence-electron chi connectivity index (χ3n) is 2.00. The van der Waals surface area contributed by atoms with Gasteiger partial charge in [-0.05, 0) is 25.5 Å². The average molecular weight is 208 g/mol. The third-order valence-corrected chi connectivity index (χ3v) is 2.00. The summed E-state index contributed by atoms with van der Waals surface area (Å²) in [4.78, 5) is 4.12. The largest absolute Gasteiger partial charge is 0.461 e. The van der Waals surface area contributed by atoms with Gasteiger partial charge in [-0.15, -0.1) is 0 Å². The van der Waals surface area contributed by atoms with Crippen LogP contribution in [-0.4, -0.2) is 21.4 Å². The van der Waals surface area contributed by atoms with Crippen LogP contribution in [0.1, 0.15) is 18.4 Å². The van der Waals surface area contributed by atoms with E-state index in [9.17, 15) is 0 Å². The Morgan fingerprint density at radius 3 is 2.93 bits per heavy atom. The van der Waals surface area contributed by atoms with Crippen molar-refractivity contribution in [2.24, 2.45) is 0 Å². The number of rotatable bonds is 3. The van der Waals surface area contributed by atoms with Crippen LogP contribution in [0.2, 0.25) is 0 Å². The zero-order valence-electron chi connectivity index (χ0n) is 8.60. The number of hydrogen-bond acceptors (Lipinski definition) is 5. The van der Waals surface area contributed by atoms with Gasteiger partial charge in [0.1, 0.15) is 0 Å². The van der Waals surface area contributed by atoms with E-state index in [4.69, 9.17) is 14.0 Å². The third kappa shape index (κ3) is 2.07. The SMILES string of the molecule is Cc1ccoc1-c1noc(CC(C)O)n1. The van der Waals surface area contributed by atoms with Crippen molar-refractivity contribution in [2.45, 2.75) is 26.4 Å². The minimum atomic E-state index is -0.490. The molecule has 0 saturated heterocycles. The lowest BCUT2D eigenvalue weighted by Crippen LogP contribution is -2.04. The maximum Gasteiger partial charge on any atom is 0.238 e. The number of aliphatic hydroxyl groups excluding tert-OH is 1. The molecule has 0 aliphatic heterocycles. The first kappa shape index (κ1) is 9.92. The van der Waals surface area contributed by atoms with Crippen molar-refractivity contribution in [3.8, 4) is 11.6 Å². The molecule has 1 N–H and O–H groups in total. The minimum Gasteiger partial charge on any atom is -0.461 e. The maximum absolute atomic E-state index is 9.15. The van der Waals surface area contributed by atoms with Gasteiger partial charge in [0, 0.05) is 0 Å². The molecule has 0 radical (unpaired) electrons. The van der Waals surface area contributed by atoms with Crippen molar-refractivity contribution in [1.29, 1.82) is 0 Å². The van der Waals surface area contributed by atoms with E-state index in [0.29, 0.717) is 23.9 Å². The Morgan fingerprint density at radius 1 is 1.53 bits per heavy atom. The predicted octanol–water partition coefficient (Wildman–Crippen LogP) is 1.56. The second-order valence-electron chi connectivity index (χ2n) is 3.50. The normalized spacial score (nSPS) is 13.0. The van der Waals surface area contributed by atoms with Crippen LogP contribution in [0.3, 0.4) is 0 Å². The molecule has 2 aromatic rings. The zero-order chi connectivity index (χ0) is 10.8. The van der Waals surface area contributed by atoms with Crippen molar-refractivity contribution in [1.82, 2.24) is 10.1 Å². The fraction of sp³-hybridized carbons (Fsp3) is 0.400. The molecule has 0 amide bonds. The molecule has 2 aromatic heterocycles. The quantitative estimate of drug-likeness (QED) is 0.828. The van der Waals surface area contributed by atoms with Gasteiger partial charge in [-0.1, -0.05) is 5.16 Å². The smallest absolute Gasteiger partial charge is 0.238 e. The molecular weight excluding hydrogens is 196 g/mol. The van der Waals surface area contributed by atoms with E-state index in [1.54, 1.807) is 13.2 Å². The van der Waals surface area contributed by atoms with Crippen LogP contribution in [0.25, 0.3) is 11.6 Å². The lowest BCUT2D eigenvalue weighted by atomic mass is 10.2. The molecule has 2 rings (SSSR count). The summed E-state index contributed by atoms with van der Waals surface area (Å²) >= 11 is 0. The zero-order valence-corrected chi connectivity index (χ0v) is 8.60. The number of aromatic nitrogens is 2. The molecule has 5 heteroatoms. The van der Waals surface area contributed by atoms with Crippen LogP contribution in [0.5, 0.6) is 0 Å². The van der Waals surface area contributed by atoms with E-state index in [0.717, 1.165) is 5.56 Å². The monoisotopic (exact) mass is 208 g/mol. The summed E-state index contributed by atoms with van der Waals surface area (Å²) in [6.45, 7) is 3.57. The van der Waals surface area contributed by atoms with Gasteiger partial charge in [-0.25, -0.2) is 0 Å². The average Bonchev–Trinajstić information content (AvgIpc) is 2.72. The summed E-state index contributed by atoms with van der Waals surface area (Å²) in [7, 11) is 0. The van der Waals surface area contributed by atoms with E-state index < -0.39 is 6.10 Å². The second kappa shape index (κ2) is 3.86. The summed E-state index contributed by atoms with van der Waals surface area (Å²) in [6, 6.07) is 1.83. The van der Waals surface area contributed by atoms with Gasteiger partial charge >= 0.3 is 0 Å². The van der Waals surface area contributed by atoms with Crippen molar-refractivity contribution < 1.29 is 14.0 Å². The molecule has 80 valence electrons. The first-order valence-corrected chi connectivity index (χ1v) is 4.72. The first-order chi connectivity index (χ1) is 7.16. The number of nitrogens with zero attached hydrogens (tertiary/aromatic N) is 2. The Bertz CT molecular complexity index is 445. The molecule has 0 fully saturated rings. The molecule has 0 aliphatic rings. The van der Waals surface area contributed by atoms with Gasteiger partial charge < -0.3 is 14.0 Å². The van der Waals surface area contributed by atoms with Crippen LogP contribution < -0.4 is 0 Å². The van der Waals surface area contributed by atoms with Gasteiger partial charge in [0.25, 0.3) is 0 Å². The standard InChI is InChI=1S/C10H12N2O3/c1-6-3-4-14-9(6)10-11-8(15-12-10)5-7(2)13/h3-4,7,13H,5H2,1-2H3. The maximum atomic E-state index is 9.15. The van der Waals surface area contributed by atoms with Crippen LogP contribution in [0.4, 0.5) is 0 Å². The fourth-order valence-electron chi connectivity index (χ4n) is 1.28. The summed E-state index contributed by atoms with van der Waals surface area (Å²) in [5.41, 5.74) is 0.958. The summed E-state index contributed by atoms with van der Waals surface area (Å²) in [6.07, 6.45) is 1.44. The van der Waals surface area contributed by atoms with Gasteiger partial charge in [0.05, 0.1) is 18.8 Å². The van der Waals surface area contributed by atoms with E-state index in [2.05, 4.69) is 10.1 Å². The molecule has 1 atom stereocenters. The van der Waals surface area contributed by atoms with E-state index in [1.807, 2.05) is 13.0 Å². The predicted molar refractivity (Wildman–Crippen MR) is 52.1 cm³/mol. The van der Waals surface area contributed by atoms with Crippen LogP contribution in [0, 0.1) is 6.92 Å². The highest BCUT2D eigenvalue weighted by atomic mass is 16.5. The molecule has 5 nitrogen and oxygen atoms in total. The van der Waals surface area contributed by atoms with Crippen molar-refractivity contribution in [2.75, 3.05) is 0 Å². The molecule has 0 spiro atoms. The van der Waals surface area contributed by atoms with E-state index in [1.165, 1.54) is 0 Å². The summed E-state index contributed by atoms with van der Waals surface area (Å²) < 4.78 is 10.2. The Hall–Kier alpha value is -1.62. The van der Waals surface area contributed by atoms with Crippen LogP contribution >= 0.6 is 0 Å². The highest BCUT2D eigenvalue weighted by molar-refractivity contribution is 5.50. The van der Waals surface area contributed by atoms with Gasteiger partial charge in [-0.3, -0.25) is 0 Å². The minimum absolute atomic E-state index is 0.354. The van der Waals surface area contributed by atoms with Gasteiger partial charge in [0.15, 0.2) is 5.76 Å².